The highest BCUT2D eigenvalue weighted by Crippen LogP contribution is 2.36. The number of nitrogen functional groups attached to an aromatic ring is 1. The summed E-state index contributed by atoms with van der Waals surface area (Å²) in [6.45, 7) is 6.48. The van der Waals surface area contributed by atoms with Crippen molar-refractivity contribution < 1.29 is 14.9 Å². The van der Waals surface area contributed by atoms with Gasteiger partial charge in [-0.05, 0) is 50.6 Å². The molecule has 190 valence electrons. The van der Waals surface area contributed by atoms with Crippen molar-refractivity contribution in [3.63, 3.8) is 0 Å². The van der Waals surface area contributed by atoms with E-state index in [-0.39, 0.29) is 18.9 Å². The lowest BCUT2D eigenvalue weighted by Gasteiger charge is -2.49. The van der Waals surface area contributed by atoms with Gasteiger partial charge in [0, 0.05) is 47.9 Å². The lowest BCUT2D eigenvalue weighted by Crippen LogP contribution is -2.60. The van der Waals surface area contributed by atoms with Crippen LogP contribution in [-0.4, -0.2) is 52.2 Å². The van der Waals surface area contributed by atoms with E-state index < -0.39 is 11.5 Å². The van der Waals surface area contributed by atoms with Crippen molar-refractivity contribution in [2.24, 2.45) is 5.41 Å². The van der Waals surface area contributed by atoms with E-state index in [4.69, 9.17) is 39.1 Å². The number of anilines is 2. The van der Waals surface area contributed by atoms with Crippen molar-refractivity contribution >= 4 is 40.4 Å². The smallest absolute Gasteiger partial charge is 0.131 e. The second-order valence-corrected chi connectivity index (χ2v) is 10.1. The third kappa shape index (κ3) is 4.86. The van der Waals surface area contributed by atoms with Crippen molar-refractivity contribution in [3.8, 4) is 5.75 Å². The van der Waals surface area contributed by atoms with Crippen molar-refractivity contribution in [2.45, 2.75) is 26.9 Å². The van der Waals surface area contributed by atoms with Gasteiger partial charge in [-0.2, -0.15) is 0 Å². The van der Waals surface area contributed by atoms with Crippen LogP contribution in [0.1, 0.15) is 41.0 Å². The van der Waals surface area contributed by atoms with Gasteiger partial charge in [-0.1, -0.05) is 23.2 Å². The second-order valence-electron chi connectivity index (χ2n) is 9.34. The van der Waals surface area contributed by atoms with Crippen molar-refractivity contribution in [3.05, 3.63) is 74.7 Å². The average molecular weight is 530 g/mol. The first kappa shape index (κ1) is 26.2. The molecule has 0 bridgehead atoms. The number of nitrogens with one attached hydrogen (secondary N) is 1. The van der Waals surface area contributed by atoms with Crippen LogP contribution >= 0.6 is 23.2 Å². The van der Waals surface area contributed by atoms with Crippen LogP contribution in [-0.2, 0) is 0 Å². The Kier molecular flexibility index (Phi) is 7.43. The first-order valence-electron chi connectivity index (χ1n) is 11.5. The van der Waals surface area contributed by atoms with Gasteiger partial charge >= 0.3 is 0 Å². The lowest BCUT2D eigenvalue weighted by molar-refractivity contribution is 0.0301. The molecule has 0 radical (unpaired) electrons. The van der Waals surface area contributed by atoms with Gasteiger partial charge in [0.1, 0.15) is 17.7 Å². The Morgan fingerprint density at radius 3 is 2.50 bits per heavy atom. The molecule has 1 atom stereocenters. The highest BCUT2D eigenvalue weighted by Gasteiger charge is 2.43. The number of aryl methyl sites for hydroxylation is 2. The van der Waals surface area contributed by atoms with Gasteiger partial charge in [-0.25, -0.2) is 4.98 Å². The van der Waals surface area contributed by atoms with E-state index in [1.165, 1.54) is 0 Å². The maximum Gasteiger partial charge on any atom is 0.131 e. The fraction of sp³-hybridized carbons (Fsp3) is 0.346. The normalized spacial score (nSPS) is 15.4. The summed E-state index contributed by atoms with van der Waals surface area (Å²) in [5.41, 5.74) is 9.71. The Morgan fingerprint density at radius 2 is 1.86 bits per heavy atom. The summed E-state index contributed by atoms with van der Waals surface area (Å²) in [4.78, 5) is 10.7. The third-order valence-corrected chi connectivity index (χ3v) is 7.34. The molecule has 0 spiro atoms. The van der Waals surface area contributed by atoms with Crippen LogP contribution in [0.5, 0.6) is 5.75 Å². The number of halogens is 2. The number of nitrogens with two attached hydrogens (primary N) is 1. The van der Waals surface area contributed by atoms with Crippen LogP contribution in [0.15, 0.2) is 36.7 Å². The number of hydrogen-bond donors (Lipinski definition) is 4. The van der Waals surface area contributed by atoms with Crippen molar-refractivity contribution in [2.75, 3.05) is 36.9 Å². The molecule has 0 saturated carbocycles. The van der Waals surface area contributed by atoms with Gasteiger partial charge in [0.15, 0.2) is 0 Å². The molecule has 2 aromatic heterocycles. The van der Waals surface area contributed by atoms with Crippen molar-refractivity contribution in [1.82, 2.24) is 9.97 Å². The molecule has 8 nitrogen and oxygen atoms in total. The fourth-order valence-electron chi connectivity index (χ4n) is 4.39. The molecule has 1 aromatic carbocycles. The van der Waals surface area contributed by atoms with E-state index in [1.54, 1.807) is 37.5 Å². The van der Waals surface area contributed by atoms with Crippen molar-refractivity contribution in [1.29, 1.82) is 5.41 Å². The highest BCUT2D eigenvalue weighted by atomic mass is 35.5. The van der Waals surface area contributed by atoms with Crippen LogP contribution in [0.2, 0.25) is 10.0 Å². The van der Waals surface area contributed by atoms with Crippen LogP contribution in [0.3, 0.4) is 0 Å². The maximum atomic E-state index is 9.55. The summed E-state index contributed by atoms with van der Waals surface area (Å²) in [7, 11) is 0. The quantitative estimate of drug-likeness (QED) is 0.252. The van der Waals surface area contributed by atoms with Gasteiger partial charge in [-0.15, -0.1) is 0 Å². The zero-order valence-corrected chi connectivity index (χ0v) is 21.9. The minimum absolute atomic E-state index is 0.0722. The lowest BCUT2D eigenvalue weighted by atomic mass is 9.81. The van der Waals surface area contributed by atoms with Gasteiger partial charge in [-0.3, -0.25) is 10.4 Å². The first-order valence-corrected chi connectivity index (χ1v) is 12.2. The molecule has 4 rings (SSSR count). The molecule has 1 fully saturated rings. The Labute approximate surface area is 220 Å². The highest BCUT2D eigenvalue weighted by molar-refractivity contribution is 6.36. The van der Waals surface area contributed by atoms with Crippen LogP contribution in [0.25, 0.3) is 0 Å². The monoisotopic (exact) mass is 529 g/mol. The second kappa shape index (κ2) is 10.2. The number of nitrogens with zero attached hydrogens (tertiary/aromatic N) is 3. The molecule has 1 aliphatic rings. The van der Waals surface area contributed by atoms with Gasteiger partial charge in [0.2, 0.25) is 0 Å². The molecule has 1 saturated heterocycles. The largest absolute Gasteiger partial charge is 0.486 e. The van der Waals surface area contributed by atoms with E-state index >= 15 is 0 Å². The summed E-state index contributed by atoms with van der Waals surface area (Å²) < 4.78 is 6.12. The van der Waals surface area contributed by atoms with E-state index in [2.05, 4.69) is 9.97 Å². The van der Waals surface area contributed by atoms with E-state index in [9.17, 15) is 10.2 Å². The summed E-state index contributed by atoms with van der Waals surface area (Å²) in [5.74, 6) is 1.29. The molecule has 0 unspecified atom stereocenters. The van der Waals surface area contributed by atoms with E-state index in [1.807, 2.05) is 24.8 Å². The molecule has 3 heterocycles. The number of ether oxygens (including phenoxy) is 1. The van der Waals surface area contributed by atoms with Gasteiger partial charge in [0.25, 0.3) is 0 Å². The summed E-state index contributed by atoms with van der Waals surface area (Å²) in [5, 5.41) is 28.8. The van der Waals surface area contributed by atoms with E-state index in [0.717, 1.165) is 11.4 Å². The average Bonchev–Trinajstić information content (AvgIpc) is 2.83. The Bertz CT molecular complexity index is 1300. The first-order chi connectivity index (χ1) is 17.1. The number of benzene rings is 1. The fourth-order valence-corrected chi connectivity index (χ4v) is 5.04. The van der Waals surface area contributed by atoms with Crippen LogP contribution in [0, 0.1) is 24.7 Å². The third-order valence-electron chi connectivity index (χ3n) is 6.56. The molecule has 0 amide bonds. The molecule has 3 aromatic rings. The Hall–Kier alpha value is -2.91. The molecular weight excluding hydrogens is 501 g/mol. The minimum atomic E-state index is -0.491. The van der Waals surface area contributed by atoms with Crippen LogP contribution < -0.4 is 15.4 Å². The van der Waals surface area contributed by atoms with Gasteiger partial charge < -0.3 is 25.6 Å². The molecule has 0 aliphatic carbocycles. The van der Waals surface area contributed by atoms with Crippen LogP contribution in [0.4, 0.5) is 11.5 Å². The standard InChI is InChI=1S/C26H29Cl2N5O3/c1-14-6-17(8-32-25(14)33-10-26(11-33,12-34)13-35)24(30)19-7-18(4-5-21(19)29)36-16(3)22-20(27)9-31-15(2)23(22)28/h4-9,16,30,34-35H,10-13,29H2,1-3H3/t16-/m1/s1. The molecular formula is C26H29Cl2N5O3. The maximum absolute atomic E-state index is 9.55. The Balaban J connectivity index is 1.55. The molecule has 36 heavy (non-hydrogen) atoms. The zero-order valence-electron chi connectivity index (χ0n) is 20.3. The summed E-state index contributed by atoms with van der Waals surface area (Å²) in [6.07, 6.45) is 2.73. The zero-order chi connectivity index (χ0) is 26.2. The number of aliphatic hydroxyl groups is 2. The minimum Gasteiger partial charge on any atom is -0.486 e. The van der Waals surface area contributed by atoms with Gasteiger partial charge in [0.05, 0.1) is 40.1 Å². The Morgan fingerprint density at radius 1 is 1.17 bits per heavy atom. The number of rotatable bonds is 8. The molecule has 10 heteroatoms. The van der Waals surface area contributed by atoms with E-state index in [0.29, 0.717) is 57.0 Å². The topological polar surface area (TPSA) is 129 Å². The number of aliphatic hydroxyl groups excluding tert-OH is 2. The molecule has 1 aliphatic heterocycles. The number of hydrogen-bond acceptors (Lipinski definition) is 8. The predicted molar refractivity (Wildman–Crippen MR) is 143 cm³/mol. The number of aromatic nitrogens is 2. The molecule has 5 N–H and O–H groups in total. The predicted octanol–water partition coefficient (Wildman–Crippen LogP) is 4.33. The summed E-state index contributed by atoms with van der Waals surface area (Å²) in [6, 6.07) is 7.05. The number of pyridine rings is 2. The SMILES string of the molecule is Cc1cc(C(=N)c2cc(O[C@H](C)c3c(Cl)cnc(C)c3Cl)ccc2N)cnc1N1CC(CO)(CO)C1. The summed E-state index contributed by atoms with van der Waals surface area (Å²) >= 11 is 12.8.